The van der Waals surface area contributed by atoms with Crippen LogP contribution in [0.4, 0.5) is 0 Å². The van der Waals surface area contributed by atoms with E-state index in [-0.39, 0.29) is 0 Å². The van der Waals surface area contributed by atoms with E-state index in [2.05, 4.69) is 146 Å². The van der Waals surface area contributed by atoms with Crippen LogP contribution >= 0.6 is 0 Å². The molecule has 0 aliphatic rings. The fourth-order valence-corrected chi connectivity index (χ4v) is 8.38. The summed E-state index contributed by atoms with van der Waals surface area (Å²) in [4.78, 5) is 15.9. The van der Waals surface area contributed by atoms with Crippen LogP contribution in [0.15, 0.2) is 185 Å². The molecule has 0 fully saturated rings. The normalized spacial score (nSPS) is 11.9. The lowest BCUT2D eigenvalue weighted by molar-refractivity contribution is 0.669. The number of hydrogen-bond acceptors (Lipinski definition) is 5. The van der Waals surface area contributed by atoms with Gasteiger partial charge in [0.1, 0.15) is 22.3 Å². The lowest BCUT2D eigenvalue weighted by atomic mass is 9.96. The Kier molecular flexibility index (Phi) is 6.56. The number of aromatic nitrogens is 3. The minimum absolute atomic E-state index is 0.562. The second-order valence-electron chi connectivity index (χ2n) is 14.4. The van der Waals surface area contributed by atoms with E-state index in [0.29, 0.717) is 17.5 Å². The van der Waals surface area contributed by atoms with Crippen LogP contribution in [0.5, 0.6) is 0 Å². The zero-order valence-electron chi connectivity index (χ0n) is 29.9. The lowest BCUT2D eigenvalue weighted by Gasteiger charge is -2.12. The van der Waals surface area contributed by atoms with Crippen LogP contribution in [-0.2, 0) is 0 Å². The van der Waals surface area contributed by atoms with Crippen LogP contribution in [0.25, 0.3) is 121 Å². The van der Waals surface area contributed by atoms with Gasteiger partial charge in [0, 0.05) is 43.6 Å². The lowest BCUT2D eigenvalue weighted by Crippen LogP contribution is -2.01. The summed E-state index contributed by atoms with van der Waals surface area (Å²) in [6, 6.07) is 61.1. The van der Waals surface area contributed by atoms with Gasteiger partial charge in [0.05, 0.1) is 0 Å². The van der Waals surface area contributed by atoms with Crippen molar-refractivity contribution in [3.8, 4) is 45.3 Å². The van der Waals surface area contributed by atoms with Crippen LogP contribution in [-0.4, -0.2) is 15.0 Å². The first kappa shape index (κ1) is 30.8. The molecular formula is C51H29N3O2. The van der Waals surface area contributed by atoms with Crippen molar-refractivity contribution in [1.82, 2.24) is 15.0 Å². The van der Waals surface area contributed by atoms with Gasteiger partial charge in [0.2, 0.25) is 0 Å². The molecule has 5 heteroatoms. The molecule has 0 N–H and O–H groups in total. The summed E-state index contributed by atoms with van der Waals surface area (Å²) in [5.41, 5.74) is 7.96. The van der Waals surface area contributed by atoms with E-state index in [9.17, 15) is 0 Å². The Hall–Kier alpha value is -7.63. The topological polar surface area (TPSA) is 65.0 Å². The monoisotopic (exact) mass is 715 g/mol. The maximum Gasteiger partial charge on any atom is 0.164 e. The molecule has 56 heavy (non-hydrogen) atoms. The van der Waals surface area contributed by atoms with Gasteiger partial charge >= 0.3 is 0 Å². The SMILES string of the molecule is c1ccc2cc(-c3cc(-c4nc(-c5ccc6ccccc6c5)nc(-c5cccc6oc7ccccc7c56)n4)c4c(c3)oc3c5ccccc5ccc34)ccc2c1. The quantitative estimate of drug-likeness (QED) is 0.181. The Morgan fingerprint density at radius 1 is 0.304 bits per heavy atom. The fourth-order valence-electron chi connectivity index (χ4n) is 8.38. The van der Waals surface area contributed by atoms with Gasteiger partial charge in [0.15, 0.2) is 17.5 Å². The van der Waals surface area contributed by atoms with Crippen molar-refractivity contribution in [2.75, 3.05) is 0 Å². The Morgan fingerprint density at radius 2 is 0.893 bits per heavy atom. The van der Waals surface area contributed by atoms with E-state index in [1.807, 2.05) is 30.3 Å². The van der Waals surface area contributed by atoms with Crippen molar-refractivity contribution in [1.29, 1.82) is 0 Å². The van der Waals surface area contributed by atoms with E-state index in [4.69, 9.17) is 23.8 Å². The summed E-state index contributed by atoms with van der Waals surface area (Å²) in [6.07, 6.45) is 0. The van der Waals surface area contributed by atoms with Crippen molar-refractivity contribution >= 4 is 76.2 Å². The van der Waals surface area contributed by atoms with Gasteiger partial charge in [0.25, 0.3) is 0 Å². The Bertz CT molecular complexity index is 3560. The van der Waals surface area contributed by atoms with Crippen molar-refractivity contribution < 1.29 is 8.83 Å². The highest BCUT2D eigenvalue weighted by atomic mass is 16.3. The summed E-state index contributed by atoms with van der Waals surface area (Å²) >= 11 is 0. The number of rotatable bonds is 4. The first-order valence-electron chi connectivity index (χ1n) is 18.8. The summed E-state index contributed by atoms with van der Waals surface area (Å²) in [5, 5.41) is 10.8. The standard InChI is InChI=1S/C51H29N3O2/c1-3-13-33-26-35(22-20-30(33)10-1)37-28-42(47-40-25-24-32-12-5-6-15-38(32)48(40)56-45(47)29-37)51-53-49(36-23-21-31-11-2-4-14-34(31)27-36)52-50(54-51)41-17-9-19-44-46(41)39-16-7-8-18-43(39)55-44/h1-29H. The molecule has 260 valence electrons. The summed E-state index contributed by atoms with van der Waals surface area (Å²) < 4.78 is 13.2. The molecule has 0 spiro atoms. The molecule has 0 unspecified atom stereocenters. The summed E-state index contributed by atoms with van der Waals surface area (Å²) in [7, 11) is 0. The molecule has 0 saturated carbocycles. The molecule has 3 aromatic heterocycles. The smallest absolute Gasteiger partial charge is 0.164 e. The molecule has 12 rings (SSSR count). The molecule has 0 aliphatic heterocycles. The second-order valence-corrected chi connectivity index (χ2v) is 14.4. The third-order valence-corrected chi connectivity index (χ3v) is 11.1. The van der Waals surface area contributed by atoms with Gasteiger partial charge in [-0.3, -0.25) is 0 Å². The molecule has 0 amide bonds. The number of nitrogens with zero attached hydrogens (tertiary/aromatic N) is 3. The van der Waals surface area contributed by atoms with Crippen molar-refractivity contribution in [2.24, 2.45) is 0 Å². The van der Waals surface area contributed by atoms with Gasteiger partial charge in [-0.2, -0.15) is 0 Å². The first-order valence-corrected chi connectivity index (χ1v) is 18.8. The highest BCUT2D eigenvalue weighted by Gasteiger charge is 2.22. The Labute approximate surface area is 320 Å². The van der Waals surface area contributed by atoms with Crippen LogP contribution in [0, 0.1) is 0 Å². The zero-order chi connectivity index (χ0) is 36.7. The van der Waals surface area contributed by atoms with E-state index < -0.39 is 0 Å². The van der Waals surface area contributed by atoms with E-state index >= 15 is 0 Å². The fraction of sp³-hybridized carbons (Fsp3) is 0. The highest BCUT2D eigenvalue weighted by Crippen LogP contribution is 2.43. The third-order valence-electron chi connectivity index (χ3n) is 11.1. The van der Waals surface area contributed by atoms with Crippen molar-refractivity contribution in [2.45, 2.75) is 0 Å². The highest BCUT2D eigenvalue weighted by molar-refractivity contribution is 6.19. The zero-order valence-corrected chi connectivity index (χ0v) is 29.9. The van der Waals surface area contributed by atoms with E-state index in [1.165, 1.54) is 10.8 Å². The minimum atomic E-state index is 0.562. The molecular weight excluding hydrogens is 687 g/mol. The van der Waals surface area contributed by atoms with Gasteiger partial charge < -0.3 is 8.83 Å². The molecule has 0 saturated heterocycles. The molecule has 0 bridgehead atoms. The average molecular weight is 716 g/mol. The Morgan fingerprint density at radius 3 is 1.70 bits per heavy atom. The number of hydrogen-bond donors (Lipinski definition) is 0. The predicted octanol–water partition coefficient (Wildman–Crippen LogP) is 13.8. The molecule has 9 aromatic carbocycles. The van der Waals surface area contributed by atoms with Gasteiger partial charge in [-0.1, -0.05) is 133 Å². The summed E-state index contributed by atoms with van der Waals surface area (Å²) in [5.74, 6) is 1.72. The van der Waals surface area contributed by atoms with Crippen LogP contribution < -0.4 is 0 Å². The molecule has 0 atom stereocenters. The molecule has 5 nitrogen and oxygen atoms in total. The predicted molar refractivity (Wildman–Crippen MR) is 229 cm³/mol. The second kappa shape index (κ2) is 11.9. The van der Waals surface area contributed by atoms with Gasteiger partial charge in [-0.05, 0) is 80.5 Å². The largest absolute Gasteiger partial charge is 0.456 e. The maximum absolute atomic E-state index is 6.87. The van der Waals surface area contributed by atoms with Crippen LogP contribution in [0.2, 0.25) is 0 Å². The average Bonchev–Trinajstić information content (AvgIpc) is 3.84. The Balaban J connectivity index is 1.19. The van der Waals surface area contributed by atoms with Gasteiger partial charge in [-0.15, -0.1) is 0 Å². The number of furan rings is 2. The van der Waals surface area contributed by atoms with Crippen molar-refractivity contribution in [3.63, 3.8) is 0 Å². The minimum Gasteiger partial charge on any atom is -0.456 e. The van der Waals surface area contributed by atoms with E-state index in [1.54, 1.807) is 0 Å². The summed E-state index contributed by atoms with van der Waals surface area (Å²) in [6.45, 7) is 0. The third kappa shape index (κ3) is 4.78. The van der Waals surface area contributed by atoms with Gasteiger partial charge in [-0.25, -0.2) is 15.0 Å². The first-order chi connectivity index (χ1) is 27.7. The van der Waals surface area contributed by atoms with Crippen molar-refractivity contribution in [3.05, 3.63) is 176 Å². The van der Waals surface area contributed by atoms with E-state index in [0.717, 1.165) is 93.2 Å². The number of fused-ring (bicyclic) bond motifs is 10. The number of benzene rings is 9. The number of para-hydroxylation sites is 1. The molecule has 0 aliphatic carbocycles. The molecule has 0 radical (unpaired) electrons. The molecule has 12 aromatic rings. The molecule has 3 heterocycles. The van der Waals surface area contributed by atoms with Crippen LogP contribution in [0.3, 0.4) is 0 Å². The maximum atomic E-state index is 6.87. The van der Waals surface area contributed by atoms with Crippen LogP contribution in [0.1, 0.15) is 0 Å².